The van der Waals surface area contributed by atoms with Gasteiger partial charge in [-0.1, -0.05) is 29.8 Å². The average molecular weight is 434 g/mol. The van der Waals surface area contributed by atoms with Crippen molar-refractivity contribution < 1.29 is 9.53 Å². The zero-order valence-electron chi connectivity index (χ0n) is 15.2. The number of nitrogens with one attached hydrogen (secondary N) is 1. The van der Waals surface area contributed by atoms with E-state index in [1.807, 2.05) is 36.4 Å². The molecule has 2 aromatic carbocycles. The minimum Gasteiger partial charge on any atom is -0.378 e. The lowest BCUT2D eigenvalue weighted by Crippen LogP contribution is -2.37. The molecule has 146 valence electrons. The number of morpholine rings is 1. The lowest BCUT2D eigenvalue weighted by atomic mass is 10.2. The first-order chi connectivity index (χ1) is 13.7. The number of ether oxygens (including phenoxy) is 1. The van der Waals surface area contributed by atoms with E-state index >= 15 is 0 Å². The van der Waals surface area contributed by atoms with Crippen LogP contribution in [0.2, 0.25) is 5.02 Å². The number of amides is 1. The van der Waals surface area contributed by atoms with Crippen molar-refractivity contribution in [1.82, 2.24) is 4.98 Å². The smallest absolute Gasteiger partial charge is 0.234 e. The van der Waals surface area contributed by atoms with Crippen LogP contribution in [-0.4, -0.2) is 42.9 Å². The zero-order chi connectivity index (χ0) is 19.3. The number of carbonyl (C=O) groups is 1. The maximum Gasteiger partial charge on any atom is 0.234 e. The maximum absolute atomic E-state index is 12.5. The summed E-state index contributed by atoms with van der Waals surface area (Å²) in [5, 5.41) is 4.70. The van der Waals surface area contributed by atoms with Gasteiger partial charge in [-0.05, 0) is 24.3 Å². The van der Waals surface area contributed by atoms with Crippen LogP contribution in [0.15, 0.2) is 42.5 Å². The quantitative estimate of drug-likeness (QED) is 0.612. The largest absolute Gasteiger partial charge is 0.378 e. The summed E-state index contributed by atoms with van der Waals surface area (Å²) < 4.78 is 6.60. The van der Waals surface area contributed by atoms with Crippen LogP contribution in [-0.2, 0) is 15.3 Å². The standard InChI is InChI=1S/C20H20ClN3O2S2/c21-14-4-3-6-16(20(14)24-8-10-26-11-9-24)22-18(25)12-27-13-19-23-15-5-1-2-7-17(15)28-19/h1-7H,8-13H2,(H,22,25). The second-order valence-corrected chi connectivity index (χ2v) is 8.86. The van der Waals surface area contributed by atoms with Gasteiger partial charge < -0.3 is 15.0 Å². The Balaban J connectivity index is 1.36. The fourth-order valence-electron chi connectivity index (χ4n) is 3.12. The van der Waals surface area contributed by atoms with Gasteiger partial charge in [0.15, 0.2) is 0 Å². The summed E-state index contributed by atoms with van der Waals surface area (Å²) in [5.41, 5.74) is 2.64. The van der Waals surface area contributed by atoms with E-state index in [1.54, 1.807) is 23.1 Å². The number of halogens is 1. The minimum absolute atomic E-state index is 0.0390. The number of aromatic nitrogens is 1. The molecule has 28 heavy (non-hydrogen) atoms. The van der Waals surface area contributed by atoms with E-state index in [9.17, 15) is 4.79 Å². The molecule has 3 aromatic rings. The van der Waals surface area contributed by atoms with Crippen LogP contribution in [0.5, 0.6) is 0 Å². The zero-order valence-corrected chi connectivity index (χ0v) is 17.6. The number of anilines is 2. The molecule has 1 aliphatic rings. The van der Waals surface area contributed by atoms with Crippen LogP contribution in [0, 0.1) is 0 Å². The number of thiazole rings is 1. The van der Waals surface area contributed by atoms with E-state index in [1.165, 1.54) is 4.70 Å². The second kappa shape index (κ2) is 9.13. The molecule has 0 aliphatic carbocycles. The highest BCUT2D eigenvalue weighted by Crippen LogP contribution is 2.34. The average Bonchev–Trinajstić information content (AvgIpc) is 3.11. The number of hydrogen-bond donors (Lipinski definition) is 1. The molecule has 1 fully saturated rings. The lowest BCUT2D eigenvalue weighted by molar-refractivity contribution is -0.113. The van der Waals surface area contributed by atoms with Crippen LogP contribution >= 0.6 is 34.7 Å². The van der Waals surface area contributed by atoms with E-state index in [0.717, 1.165) is 40.7 Å². The molecule has 4 rings (SSSR count). The Morgan fingerprint density at radius 2 is 2.04 bits per heavy atom. The molecule has 0 atom stereocenters. The molecule has 1 N–H and O–H groups in total. The summed E-state index contributed by atoms with van der Waals surface area (Å²) in [6.45, 7) is 2.85. The molecule has 0 bridgehead atoms. The number of hydrogen-bond acceptors (Lipinski definition) is 6. The van der Waals surface area contributed by atoms with Crippen molar-refractivity contribution in [2.24, 2.45) is 0 Å². The van der Waals surface area contributed by atoms with Crippen LogP contribution in [0.4, 0.5) is 11.4 Å². The highest BCUT2D eigenvalue weighted by molar-refractivity contribution is 7.99. The molecule has 1 amide bonds. The Hall–Kier alpha value is -1.80. The van der Waals surface area contributed by atoms with E-state index in [4.69, 9.17) is 16.3 Å². The van der Waals surface area contributed by atoms with Gasteiger partial charge in [0, 0.05) is 18.8 Å². The molecule has 0 unspecified atom stereocenters. The fraction of sp³-hybridized carbons (Fsp3) is 0.300. The Morgan fingerprint density at radius 1 is 1.21 bits per heavy atom. The number of rotatable bonds is 6. The second-order valence-electron chi connectivity index (χ2n) is 6.35. The van der Waals surface area contributed by atoms with Gasteiger partial charge in [-0.15, -0.1) is 23.1 Å². The molecule has 8 heteroatoms. The summed E-state index contributed by atoms with van der Waals surface area (Å²) in [7, 11) is 0. The Bertz CT molecular complexity index is 940. The normalized spacial score (nSPS) is 14.4. The van der Waals surface area contributed by atoms with Gasteiger partial charge in [0.25, 0.3) is 0 Å². The van der Waals surface area contributed by atoms with Gasteiger partial charge in [-0.3, -0.25) is 4.79 Å². The maximum atomic E-state index is 12.5. The first-order valence-electron chi connectivity index (χ1n) is 9.04. The van der Waals surface area contributed by atoms with Crippen molar-refractivity contribution in [2.45, 2.75) is 5.75 Å². The number of fused-ring (bicyclic) bond motifs is 1. The van der Waals surface area contributed by atoms with Crippen molar-refractivity contribution in [2.75, 3.05) is 42.3 Å². The third-order valence-corrected chi connectivity index (χ3v) is 6.85. The molecule has 1 aliphatic heterocycles. The third kappa shape index (κ3) is 4.60. The summed E-state index contributed by atoms with van der Waals surface area (Å²) in [5.74, 6) is 1.05. The number of nitrogens with zero attached hydrogens (tertiary/aromatic N) is 2. The summed E-state index contributed by atoms with van der Waals surface area (Å²) >= 11 is 9.66. The van der Waals surface area contributed by atoms with Crippen molar-refractivity contribution in [1.29, 1.82) is 0 Å². The highest BCUT2D eigenvalue weighted by atomic mass is 35.5. The van der Waals surface area contributed by atoms with E-state index < -0.39 is 0 Å². The molecule has 0 spiro atoms. The van der Waals surface area contributed by atoms with Crippen LogP contribution in [0.25, 0.3) is 10.2 Å². The first kappa shape index (κ1) is 19.5. The van der Waals surface area contributed by atoms with Gasteiger partial charge >= 0.3 is 0 Å². The number of para-hydroxylation sites is 2. The van der Waals surface area contributed by atoms with Crippen molar-refractivity contribution in [3.05, 3.63) is 52.5 Å². The Morgan fingerprint density at radius 3 is 2.86 bits per heavy atom. The van der Waals surface area contributed by atoms with Gasteiger partial charge in [0.2, 0.25) is 5.91 Å². The highest BCUT2D eigenvalue weighted by Gasteiger charge is 2.19. The molecule has 2 heterocycles. The monoisotopic (exact) mass is 433 g/mol. The van der Waals surface area contributed by atoms with Crippen LogP contribution in [0.1, 0.15) is 5.01 Å². The van der Waals surface area contributed by atoms with E-state index in [-0.39, 0.29) is 5.91 Å². The van der Waals surface area contributed by atoms with Crippen LogP contribution < -0.4 is 10.2 Å². The molecular weight excluding hydrogens is 414 g/mol. The van der Waals surface area contributed by atoms with Crippen LogP contribution in [0.3, 0.4) is 0 Å². The third-order valence-electron chi connectivity index (χ3n) is 4.39. The lowest BCUT2D eigenvalue weighted by Gasteiger charge is -2.31. The number of thioether (sulfide) groups is 1. The topological polar surface area (TPSA) is 54.5 Å². The molecular formula is C20H20ClN3O2S2. The van der Waals surface area contributed by atoms with Crippen molar-refractivity contribution >= 4 is 62.2 Å². The predicted octanol–water partition coefficient (Wildman–Crippen LogP) is 4.66. The Kier molecular flexibility index (Phi) is 6.36. The SMILES string of the molecule is O=C(CSCc1nc2ccccc2s1)Nc1cccc(Cl)c1N1CCOCC1. The van der Waals surface area contributed by atoms with Gasteiger partial charge in [0.05, 0.1) is 45.6 Å². The summed E-state index contributed by atoms with van der Waals surface area (Å²) in [6, 6.07) is 13.7. The summed E-state index contributed by atoms with van der Waals surface area (Å²) in [4.78, 5) is 19.3. The number of carbonyl (C=O) groups excluding carboxylic acids is 1. The molecule has 0 radical (unpaired) electrons. The summed E-state index contributed by atoms with van der Waals surface area (Å²) in [6.07, 6.45) is 0. The minimum atomic E-state index is -0.0390. The van der Waals surface area contributed by atoms with Gasteiger partial charge in [-0.2, -0.15) is 0 Å². The molecule has 1 saturated heterocycles. The van der Waals surface area contributed by atoms with E-state index in [0.29, 0.717) is 24.0 Å². The predicted molar refractivity (Wildman–Crippen MR) is 119 cm³/mol. The molecule has 0 saturated carbocycles. The van der Waals surface area contributed by atoms with E-state index in [2.05, 4.69) is 21.3 Å². The first-order valence-corrected chi connectivity index (χ1v) is 11.4. The molecule has 5 nitrogen and oxygen atoms in total. The number of benzene rings is 2. The van der Waals surface area contributed by atoms with Gasteiger partial charge in [-0.25, -0.2) is 4.98 Å². The Labute approximate surface area is 177 Å². The molecule has 1 aromatic heterocycles. The van der Waals surface area contributed by atoms with Gasteiger partial charge in [0.1, 0.15) is 5.01 Å². The van der Waals surface area contributed by atoms with Crippen molar-refractivity contribution in [3.8, 4) is 0 Å². The fourth-order valence-corrected chi connectivity index (χ4v) is 5.26. The van der Waals surface area contributed by atoms with Crippen molar-refractivity contribution in [3.63, 3.8) is 0 Å².